The molecule has 4 aromatic carbocycles. The lowest BCUT2D eigenvalue weighted by Gasteiger charge is -2.09. The molecule has 2 N–H and O–H groups in total. The van der Waals surface area contributed by atoms with Crippen molar-refractivity contribution in [2.45, 2.75) is 0 Å². The van der Waals surface area contributed by atoms with Gasteiger partial charge >= 0.3 is 0 Å². The first-order valence-corrected chi connectivity index (χ1v) is 11.8. The molecule has 0 atom stereocenters. The minimum Gasteiger partial charge on any atom is -0.337 e. The monoisotopic (exact) mass is 508 g/mol. The van der Waals surface area contributed by atoms with Crippen LogP contribution < -0.4 is 5.56 Å². The molecule has 7 aromatic rings. The normalized spacial score (nSPS) is 11.8. The fourth-order valence-corrected chi connectivity index (χ4v) is 5.23. The summed E-state index contributed by atoms with van der Waals surface area (Å²) in [5.74, 6) is -0.866. The summed E-state index contributed by atoms with van der Waals surface area (Å²) in [4.78, 5) is 27.8. The smallest absolute Gasteiger partial charge is 0.256 e. The molecular weight excluding hydrogens is 494 g/mol. The Morgan fingerprint density at radius 3 is 2.57 bits per heavy atom. The second-order valence-corrected chi connectivity index (χ2v) is 9.19. The van der Waals surface area contributed by atoms with Gasteiger partial charge in [0.15, 0.2) is 0 Å². The molecule has 178 valence electrons. The van der Waals surface area contributed by atoms with Crippen LogP contribution in [0.15, 0.2) is 83.8 Å². The maximum absolute atomic E-state index is 15.1. The third kappa shape index (κ3) is 3.24. The number of fused-ring (bicyclic) bond motifs is 7. The number of pyridine rings is 2. The molecule has 0 aliphatic heterocycles. The Labute approximate surface area is 212 Å². The highest BCUT2D eigenvalue weighted by Gasteiger charge is 2.20. The minimum absolute atomic E-state index is 0.146. The summed E-state index contributed by atoms with van der Waals surface area (Å²) in [5.41, 5.74) is 2.41. The zero-order chi connectivity index (χ0) is 25.3. The van der Waals surface area contributed by atoms with Gasteiger partial charge in [0.1, 0.15) is 11.6 Å². The van der Waals surface area contributed by atoms with Gasteiger partial charge in [-0.05, 0) is 47.3 Å². The Hall–Kier alpha value is -4.62. The number of nitrogens with zero attached hydrogens (tertiary/aromatic N) is 2. The second kappa shape index (κ2) is 7.94. The van der Waals surface area contributed by atoms with E-state index in [1.165, 1.54) is 12.1 Å². The van der Waals surface area contributed by atoms with Crippen molar-refractivity contribution in [1.29, 1.82) is 0 Å². The van der Waals surface area contributed by atoms with Crippen molar-refractivity contribution >= 4 is 55.1 Å². The molecule has 0 radical (unpaired) electrons. The number of hydrogen-bond donors (Lipinski definition) is 2. The lowest BCUT2D eigenvalue weighted by atomic mass is 9.96. The van der Waals surface area contributed by atoms with E-state index in [4.69, 9.17) is 16.6 Å². The zero-order valence-corrected chi connectivity index (χ0v) is 19.7. The van der Waals surface area contributed by atoms with Gasteiger partial charge in [0.05, 0.1) is 32.5 Å². The molecular formula is C29H15ClF2N4O. The highest BCUT2D eigenvalue weighted by molar-refractivity contribution is 6.33. The van der Waals surface area contributed by atoms with Crippen LogP contribution >= 0.6 is 11.6 Å². The maximum Gasteiger partial charge on any atom is 0.256 e. The van der Waals surface area contributed by atoms with Gasteiger partial charge in [-0.3, -0.25) is 4.79 Å². The van der Waals surface area contributed by atoms with E-state index < -0.39 is 11.8 Å². The third-order valence-corrected chi connectivity index (χ3v) is 6.98. The number of imidazole rings is 1. The van der Waals surface area contributed by atoms with Crippen LogP contribution in [0.1, 0.15) is 0 Å². The molecule has 0 fully saturated rings. The van der Waals surface area contributed by atoms with Crippen LogP contribution in [0.25, 0.3) is 66.0 Å². The number of rotatable bonds is 2. The molecule has 3 aromatic heterocycles. The molecule has 0 unspecified atom stereocenters. The van der Waals surface area contributed by atoms with E-state index in [0.717, 1.165) is 5.39 Å². The lowest BCUT2D eigenvalue weighted by molar-refractivity contribution is 0.593. The summed E-state index contributed by atoms with van der Waals surface area (Å²) >= 11 is 6.30. The molecule has 7 rings (SSSR count). The number of hydrogen-bond acceptors (Lipinski definition) is 3. The molecule has 0 amide bonds. The predicted molar refractivity (Wildman–Crippen MR) is 143 cm³/mol. The van der Waals surface area contributed by atoms with Crippen molar-refractivity contribution in [2.24, 2.45) is 0 Å². The van der Waals surface area contributed by atoms with Crippen molar-refractivity contribution in [2.75, 3.05) is 0 Å². The van der Waals surface area contributed by atoms with Gasteiger partial charge in [0.2, 0.25) is 5.95 Å². The van der Waals surface area contributed by atoms with Crippen molar-refractivity contribution in [3.63, 3.8) is 0 Å². The van der Waals surface area contributed by atoms with E-state index in [1.54, 1.807) is 54.7 Å². The average Bonchev–Trinajstić information content (AvgIpc) is 3.33. The van der Waals surface area contributed by atoms with E-state index in [2.05, 4.69) is 15.0 Å². The van der Waals surface area contributed by atoms with E-state index in [0.29, 0.717) is 49.2 Å². The fraction of sp³-hybridized carbons (Fsp3) is 0. The SMILES string of the molecule is O=c1[nH]ccc2c3[nH]c(-c4c(F)cccc4Cl)nc3c3ccc(-c4cc5ccccc5nc4F)cc3c12. The molecule has 0 saturated carbocycles. The first kappa shape index (κ1) is 21.6. The van der Waals surface area contributed by atoms with Gasteiger partial charge in [-0.2, -0.15) is 4.39 Å². The molecule has 5 nitrogen and oxygen atoms in total. The molecule has 0 spiro atoms. The van der Waals surface area contributed by atoms with E-state index in [9.17, 15) is 9.18 Å². The number of aromatic amines is 2. The predicted octanol–water partition coefficient (Wildman–Crippen LogP) is 7.37. The fourth-order valence-electron chi connectivity index (χ4n) is 4.98. The van der Waals surface area contributed by atoms with Crippen LogP contribution in [0.3, 0.4) is 0 Å². The Kier molecular flexibility index (Phi) is 4.65. The van der Waals surface area contributed by atoms with Crippen molar-refractivity contribution in [1.82, 2.24) is 19.9 Å². The Morgan fingerprint density at radius 1 is 0.838 bits per heavy atom. The summed E-state index contributed by atoms with van der Waals surface area (Å²) in [6.07, 6.45) is 1.54. The molecule has 8 heteroatoms. The summed E-state index contributed by atoms with van der Waals surface area (Å²) in [6, 6.07) is 20.6. The molecule has 0 aliphatic rings. The van der Waals surface area contributed by atoms with Gasteiger partial charge in [-0.25, -0.2) is 14.4 Å². The molecule has 3 heterocycles. The molecule has 0 aliphatic carbocycles. The Morgan fingerprint density at radius 2 is 1.70 bits per heavy atom. The highest BCUT2D eigenvalue weighted by atomic mass is 35.5. The third-order valence-electron chi connectivity index (χ3n) is 6.67. The summed E-state index contributed by atoms with van der Waals surface area (Å²) < 4.78 is 29.8. The number of H-pyrrole nitrogens is 2. The zero-order valence-electron chi connectivity index (χ0n) is 18.9. The van der Waals surface area contributed by atoms with Gasteiger partial charge < -0.3 is 9.97 Å². The van der Waals surface area contributed by atoms with Gasteiger partial charge in [-0.15, -0.1) is 0 Å². The van der Waals surface area contributed by atoms with Crippen LogP contribution in [-0.2, 0) is 0 Å². The van der Waals surface area contributed by atoms with Crippen LogP contribution in [0.4, 0.5) is 8.78 Å². The number of nitrogens with one attached hydrogen (secondary N) is 2. The molecule has 0 bridgehead atoms. The van der Waals surface area contributed by atoms with Gasteiger partial charge in [0.25, 0.3) is 5.56 Å². The Bertz CT molecular complexity index is 2100. The Balaban J connectivity index is 1.57. The topological polar surface area (TPSA) is 74.4 Å². The quantitative estimate of drug-likeness (QED) is 0.189. The number of para-hydroxylation sites is 1. The minimum atomic E-state index is -0.603. The summed E-state index contributed by atoms with van der Waals surface area (Å²) in [6.45, 7) is 0. The van der Waals surface area contributed by atoms with E-state index >= 15 is 4.39 Å². The average molecular weight is 509 g/mol. The van der Waals surface area contributed by atoms with Crippen molar-refractivity contribution in [3.05, 3.63) is 106 Å². The van der Waals surface area contributed by atoms with Crippen molar-refractivity contribution in [3.8, 4) is 22.5 Å². The summed E-state index contributed by atoms with van der Waals surface area (Å²) in [7, 11) is 0. The molecule has 0 saturated heterocycles. The highest BCUT2D eigenvalue weighted by Crippen LogP contribution is 2.38. The number of halogens is 3. The number of benzene rings is 4. The second-order valence-electron chi connectivity index (χ2n) is 8.78. The van der Waals surface area contributed by atoms with Crippen molar-refractivity contribution < 1.29 is 8.78 Å². The molecule has 37 heavy (non-hydrogen) atoms. The van der Waals surface area contributed by atoms with E-state index in [-0.39, 0.29) is 22.0 Å². The van der Waals surface area contributed by atoms with Crippen LogP contribution in [0.5, 0.6) is 0 Å². The van der Waals surface area contributed by atoms with Gasteiger partial charge in [0, 0.05) is 27.9 Å². The first-order chi connectivity index (χ1) is 18.0. The van der Waals surface area contributed by atoms with E-state index in [1.807, 2.05) is 12.1 Å². The number of aromatic nitrogens is 4. The van der Waals surface area contributed by atoms with Crippen LogP contribution in [0, 0.1) is 11.8 Å². The maximum atomic E-state index is 15.1. The lowest BCUT2D eigenvalue weighted by Crippen LogP contribution is -2.05. The van der Waals surface area contributed by atoms with Crippen LogP contribution in [-0.4, -0.2) is 19.9 Å². The van der Waals surface area contributed by atoms with Crippen LogP contribution in [0.2, 0.25) is 5.02 Å². The standard InChI is InChI=1S/C29H15ClF2N4O/c30-20-5-3-6-21(31)24(20)28-35-25-16-9-8-14(18-13-15-4-1-2-7-22(15)34-27(18)32)12-19(16)23-17(26(25)36-28)10-11-33-29(23)37/h1-13H,(H,33,37)(H,35,36). The van der Waals surface area contributed by atoms with Gasteiger partial charge in [-0.1, -0.05) is 48.0 Å². The first-order valence-electron chi connectivity index (χ1n) is 11.5. The largest absolute Gasteiger partial charge is 0.337 e. The summed E-state index contributed by atoms with van der Waals surface area (Å²) in [5, 5.41) is 3.28.